The molecule has 1 aliphatic rings. The van der Waals surface area contributed by atoms with E-state index in [1.807, 2.05) is 13.0 Å². The molecular weight excluding hydrogens is 203 g/mol. The van der Waals surface area contributed by atoms with Crippen LogP contribution in [0.4, 0.5) is 4.39 Å². The molecule has 1 aliphatic heterocycles. The lowest BCUT2D eigenvalue weighted by atomic mass is 9.98. The topological polar surface area (TPSA) is 29.3 Å². The number of nitrogens with zero attached hydrogens (tertiary/aromatic N) is 1. The van der Waals surface area contributed by atoms with E-state index in [1.165, 1.54) is 0 Å². The van der Waals surface area contributed by atoms with Crippen LogP contribution in [0.1, 0.15) is 30.5 Å². The van der Waals surface area contributed by atoms with Crippen molar-refractivity contribution in [3.05, 3.63) is 35.1 Å². The summed E-state index contributed by atoms with van der Waals surface area (Å²) in [4.78, 5) is 2.25. The molecule has 1 saturated heterocycles. The van der Waals surface area contributed by atoms with Gasteiger partial charge in [-0.05, 0) is 26.0 Å². The van der Waals surface area contributed by atoms with E-state index in [1.54, 1.807) is 12.1 Å². The normalized spacial score (nSPS) is 26.2. The second-order valence-corrected chi connectivity index (χ2v) is 4.55. The third kappa shape index (κ3) is 1.97. The van der Waals surface area contributed by atoms with E-state index >= 15 is 0 Å². The van der Waals surface area contributed by atoms with Crippen molar-refractivity contribution in [2.75, 3.05) is 13.1 Å². The zero-order valence-electron chi connectivity index (χ0n) is 9.91. The highest BCUT2D eigenvalue weighted by Gasteiger charge is 2.33. The van der Waals surface area contributed by atoms with E-state index in [2.05, 4.69) is 11.8 Å². The van der Waals surface area contributed by atoms with Gasteiger partial charge < -0.3 is 5.73 Å². The number of rotatable bonds is 2. The lowest BCUT2D eigenvalue weighted by Gasteiger charge is -2.26. The number of nitrogens with two attached hydrogens (primary N) is 1. The minimum Gasteiger partial charge on any atom is -0.326 e. The van der Waals surface area contributed by atoms with E-state index in [9.17, 15) is 4.39 Å². The summed E-state index contributed by atoms with van der Waals surface area (Å²) in [5, 5.41) is 0. The van der Waals surface area contributed by atoms with Gasteiger partial charge in [0.25, 0.3) is 0 Å². The Morgan fingerprint density at radius 2 is 2.25 bits per heavy atom. The summed E-state index contributed by atoms with van der Waals surface area (Å²) in [7, 11) is 0. The van der Waals surface area contributed by atoms with Gasteiger partial charge in [-0.1, -0.05) is 24.6 Å². The summed E-state index contributed by atoms with van der Waals surface area (Å²) in [6, 6.07) is 5.37. The van der Waals surface area contributed by atoms with Gasteiger partial charge in [0, 0.05) is 18.2 Å². The smallest absolute Gasteiger partial charge is 0.128 e. The fourth-order valence-corrected chi connectivity index (χ4v) is 2.55. The maximum absolute atomic E-state index is 13.8. The van der Waals surface area contributed by atoms with Gasteiger partial charge in [-0.15, -0.1) is 0 Å². The van der Waals surface area contributed by atoms with E-state index in [-0.39, 0.29) is 17.9 Å². The van der Waals surface area contributed by atoms with E-state index in [4.69, 9.17) is 5.73 Å². The fourth-order valence-electron chi connectivity index (χ4n) is 2.55. The molecule has 0 saturated carbocycles. The predicted molar refractivity (Wildman–Crippen MR) is 63.7 cm³/mol. The SMILES string of the molecule is CCN1CCC(N)C1c1cc(C)ccc1F. The van der Waals surface area contributed by atoms with Crippen molar-refractivity contribution in [3.8, 4) is 0 Å². The van der Waals surface area contributed by atoms with Crippen LogP contribution < -0.4 is 5.73 Å². The van der Waals surface area contributed by atoms with Crippen molar-refractivity contribution in [2.45, 2.75) is 32.4 Å². The Hall–Kier alpha value is -0.930. The predicted octanol–water partition coefficient (Wildman–Crippen LogP) is 2.23. The Labute approximate surface area is 96.2 Å². The molecule has 1 aromatic carbocycles. The number of hydrogen-bond acceptors (Lipinski definition) is 2. The Bertz CT molecular complexity index is 378. The molecule has 2 atom stereocenters. The summed E-state index contributed by atoms with van der Waals surface area (Å²) in [5.41, 5.74) is 7.93. The highest BCUT2D eigenvalue weighted by molar-refractivity contribution is 5.29. The van der Waals surface area contributed by atoms with Crippen molar-refractivity contribution in [1.29, 1.82) is 0 Å². The van der Waals surface area contributed by atoms with Gasteiger partial charge >= 0.3 is 0 Å². The first-order valence-electron chi connectivity index (χ1n) is 5.89. The molecule has 16 heavy (non-hydrogen) atoms. The van der Waals surface area contributed by atoms with Crippen molar-refractivity contribution >= 4 is 0 Å². The molecule has 88 valence electrons. The first-order chi connectivity index (χ1) is 7.63. The number of benzene rings is 1. The lowest BCUT2D eigenvalue weighted by Crippen LogP contribution is -2.32. The molecule has 2 nitrogen and oxygen atoms in total. The minimum absolute atomic E-state index is 0.0462. The second kappa shape index (κ2) is 4.52. The molecule has 0 aliphatic carbocycles. The maximum Gasteiger partial charge on any atom is 0.128 e. The summed E-state index contributed by atoms with van der Waals surface area (Å²) in [5.74, 6) is -0.133. The van der Waals surface area contributed by atoms with Crippen molar-refractivity contribution < 1.29 is 4.39 Å². The summed E-state index contributed by atoms with van der Waals surface area (Å²) >= 11 is 0. The molecule has 0 spiro atoms. The Morgan fingerprint density at radius 3 is 2.94 bits per heavy atom. The van der Waals surface area contributed by atoms with Gasteiger partial charge in [-0.25, -0.2) is 4.39 Å². The third-order valence-electron chi connectivity index (χ3n) is 3.42. The maximum atomic E-state index is 13.8. The van der Waals surface area contributed by atoms with Gasteiger partial charge in [-0.2, -0.15) is 0 Å². The molecule has 0 radical (unpaired) electrons. The monoisotopic (exact) mass is 222 g/mol. The summed E-state index contributed by atoms with van der Waals surface area (Å²) in [6.07, 6.45) is 0.950. The van der Waals surface area contributed by atoms with Crippen LogP contribution in [0.2, 0.25) is 0 Å². The standard InChI is InChI=1S/C13H19FN2/c1-3-16-7-6-12(15)13(16)10-8-9(2)4-5-11(10)14/h4-5,8,12-13H,3,6-7,15H2,1-2H3. The second-order valence-electron chi connectivity index (χ2n) is 4.55. The van der Waals surface area contributed by atoms with Gasteiger partial charge in [0.1, 0.15) is 5.82 Å². The molecule has 0 bridgehead atoms. The van der Waals surface area contributed by atoms with E-state index in [0.717, 1.165) is 30.6 Å². The zero-order valence-corrected chi connectivity index (χ0v) is 9.91. The molecule has 0 amide bonds. The number of hydrogen-bond donors (Lipinski definition) is 1. The summed E-state index contributed by atoms with van der Waals surface area (Å²) in [6.45, 7) is 5.97. The van der Waals surface area contributed by atoms with Crippen LogP contribution in [-0.2, 0) is 0 Å². The van der Waals surface area contributed by atoms with Crippen LogP contribution in [0.5, 0.6) is 0 Å². The van der Waals surface area contributed by atoms with Crippen LogP contribution in [0.3, 0.4) is 0 Å². The number of halogens is 1. The van der Waals surface area contributed by atoms with Crippen LogP contribution in [-0.4, -0.2) is 24.0 Å². The van der Waals surface area contributed by atoms with Gasteiger partial charge in [0.15, 0.2) is 0 Å². The lowest BCUT2D eigenvalue weighted by molar-refractivity contribution is 0.255. The first-order valence-corrected chi connectivity index (χ1v) is 5.89. The first kappa shape index (κ1) is 11.6. The highest BCUT2D eigenvalue weighted by atomic mass is 19.1. The van der Waals surface area contributed by atoms with Crippen LogP contribution in [0.15, 0.2) is 18.2 Å². The van der Waals surface area contributed by atoms with Crippen molar-refractivity contribution in [2.24, 2.45) is 5.73 Å². The average molecular weight is 222 g/mol. The molecule has 1 aromatic rings. The fraction of sp³-hybridized carbons (Fsp3) is 0.538. The van der Waals surface area contributed by atoms with Gasteiger partial charge in [-0.3, -0.25) is 4.90 Å². The number of likely N-dealkylation sites (tertiary alicyclic amines) is 1. The molecule has 2 unspecified atom stereocenters. The van der Waals surface area contributed by atoms with Crippen LogP contribution >= 0.6 is 0 Å². The molecule has 2 N–H and O–H groups in total. The van der Waals surface area contributed by atoms with Gasteiger partial charge in [0.2, 0.25) is 0 Å². The molecule has 2 rings (SSSR count). The Balaban J connectivity index is 2.37. The largest absolute Gasteiger partial charge is 0.326 e. The number of likely N-dealkylation sites (N-methyl/N-ethyl adjacent to an activating group) is 1. The van der Waals surface area contributed by atoms with Gasteiger partial charge in [0.05, 0.1) is 6.04 Å². The molecule has 1 heterocycles. The quantitative estimate of drug-likeness (QED) is 0.831. The molecule has 1 fully saturated rings. The van der Waals surface area contributed by atoms with Crippen molar-refractivity contribution in [3.63, 3.8) is 0 Å². The summed E-state index contributed by atoms with van der Waals surface area (Å²) < 4.78 is 13.8. The highest BCUT2D eigenvalue weighted by Crippen LogP contribution is 2.32. The van der Waals surface area contributed by atoms with E-state index in [0.29, 0.717) is 0 Å². The molecular formula is C13H19FN2. The molecule has 0 aromatic heterocycles. The van der Waals surface area contributed by atoms with Crippen molar-refractivity contribution in [1.82, 2.24) is 4.90 Å². The zero-order chi connectivity index (χ0) is 11.7. The van der Waals surface area contributed by atoms with Crippen LogP contribution in [0.25, 0.3) is 0 Å². The minimum atomic E-state index is -0.133. The van der Waals surface area contributed by atoms with Crippen LogP contribution in [0, 0.1) is 12.7 Å². The number of aryl methyl sites for hydroxylation is 1. The Kier molecular flexibility index (Phi) is 3.26. The van der Waals surface area contributed by atoms with E-state index < -0.39 is 0 Å². The Morgan fingerprint density at radius 1 is 1.50 bits per heavy atom. The molecule has 3 heteroatoms. The average Bonchev–Trinajstić information content (AvgIpc) is 2.63. The third-order valence-corrected chi connectivity index (χ3v) is 3.42.